The van der Waals surface area contributed by atoms with Crippen LogP contribution in [0.1, 0.15) is 25.0 Å². The molecule has 10 nitrogen and oxygen atoms in total. The molecule has 0 spiro atoms. The fourth-order valence-electron chi connectivity index (χ4n) is 24.4. The SMILES string of the molecule is CC1(C)c2ccccc2-c2cc3c4ccccc4n(-c4ccc(-c5nc(-c6ccccc6)c6c(n5)-c5ccccc5[Si]6(C)C)cc4)c3cc21.C[Si]1(C)c2ccccc2-c2nc(-c3cccc(-n4c5ccccc5c5cc6c(cc54)oc4ccccc46)c3)nc(-c3ccccc3)c21.C[Si]1(C)c2ccccc2-c2nc(-c3cccc(-n4c5ccccc5c5cc6c(cc54)sc4ccccc46)c3)nc(-c3ccccc3)c21. The lowest BCUT2D eigenvalue weighted by Gasteiger charge is -2.22. The molecule has 26 aromatic rings. The van der Waals surface area contributed by atoms with E-state index in [1.54, 1.807) is 0 Å². The molecule has 11 heterocycles. The summed E-state index contributed by atoms with van der Waals surface area (Å²) in [4.78, 5) is 32.2. The molecule has 0 radical (unpaired) electrons. The molecular weight excluding hydrogens is 1810 g/mol. The van der Waals surface area contributed by atoms with Crippen LogP contribution in [0.15, 0.2) is 423 Å². The maximum absolute atomic E-state index is 6.35. The molecule has 0 N–H and O–H groups in total. The molecule has 8 aromatic heterocycles. The smallest absolute Gasteiger partial charge is 0.160 e. The second-order valence-electron chi connectivity index (χ2n) is 40.7. The molecule has 0 fully saturated rings. The molecule has 0 amide bonds. The highest BCUT2D eigenvalue weighted by Gasteiger charge is 2.46. The summed E-state index contributed by atoms with van der Waals surface area (Å²) in [6.07, 6.45) is 0. The molecule has 143 heavy (non-hydrogen) atoms. The van der Waals surface area contributed by atoms with Crippen LogP contribution in [0.5, 0.6) is 0 Å². The number of fused-ring (bicyclic) bond motifs is 27. The minimum atomic E-state index is -2.02. The highest BCUT2D eigenvalue weighted by atomic mass is 32.1. The van der Waals surface area contributed by atoms with E-state index >= 15 is 0 Å². The molecule has 0 unspecified atom stereocenters. The molecule has 0 saturated heterocycles. The summed E-state index contributed by atoms with van der Waals surface area (Å²) >= 11 is 1.87. The number of nitrogens with zero attached hydrogens (tertiary/aromatic N) is 9. The van der Waals surface area contributed by atoms with Crippen LogP contribution in [0, 0.1) is 0 Å². The molecule has 678 valence electrons. The van der Waals surface area contributed by atoms with Crippen molar-refractivity contribution >= 4 is 174 Å². The molecule has 30 rings (SSSR count). The van der Waals surface area contributed by atoms with E-state index in [1.807, 2.05) is 23.5 Å². The number of rotatable bonds is 9. The standard InChI is InChI=1S/C45H35N3Si.C42H29N3OSi.C42H29N3SSi/c1-45(2)36-19-11-8-16-31(36)34-26-35-32-17-9-12-20-38(32)48(39(35)27-37(34)45)30-24-22-29(23-25-30)44-46-41(28-14-6-5-7-15-28)43-42(47-44)33-18-10-13-21-40(33)49(43,3)4;2*1-47(2)38-22-11-8-19-31(38)40-41(47)39(26-13-4-3-5-14-26)43-42(44-40)27-15-12-16-28(23-27)45-34-20-9-6-17-29(34)32-24-33-30-18-7-10-21-36(30)46-37(33)25-35(32)45/h5-27H,1-4H3;2*3-25H,1-2H3. The number of hydrogen-bond acceptors (Lipinski definition) is 8. The van der Waals surface area contributed by atoms with Crippen molar-refractivity contribution in [3.63, 3.8) is 0 Å². The van der Waals surface area contributed by atoms with Crippen LogP contribution in [0.2, 0.25) is 39.3 Å². The Balaban J connectivity index is 0.000000105. The van der Waals surface area contributed by atoms with E-state index < -0.39 is 24.2 Å². The predicted molar refractivity (Wildman–Crippen MR) is 606 cm³/mol. The summed E-state index contributed by atoms with van der Waals surface area (Å²) in [6.45, 7) is 19.3. The minimum Gasteiger partial charge on any atom is -0.456 e. The Morgan fingerprint density at radius 2 is 0.594 bits per heavy atom. The third-order valence-corrected chi connectivity index (χ3v) is 42.8. The Morgan fingerprint density at radius 1 is 0.224 bits per heavy atom. The summed E-state index contributed by atoms with van der Waals surface area (Å²) < 4.78 is 16.2. The highest BCUT2D eigenvalue weighted by molar-refractivity contribution is 7.26. The van der Waals surface area contributed by atoms with Gasteiger partial charge in [-0.2, -0.15) is 0 Å². The van der Waals surface area contributed by atoms with Gasteiger partial charge in [-0.05, 0) is 179 Å². The van der Waals surface area contributed by atoms with Crippen molar-refractivity contribution in [1.29, 1.82) is 0 Å². The van der Waals surface area contributed by atoms with Gasteiger partial charge in [-0.3, -0.25) is 0 Å². The van der Waals surface area contributed by atoms with Gasteiger partial charge in [0.2, 0.25) is 0 Å². The van der Waals surface area contributed by atoms with Crippen molar-refractivity contribution in [2.45, 2.75) is 58.5 Å². The van der Waals surface area contributed by atoms with Crippen LogP contribution >= 0.6 is 11.3 Å². The third kappa shape index (κ3) is 12.9. The van der Waals surface area contributed by atoms with Gasteiger partial charge < -0.3 is 18.1 Å². The topological polar surface area (TPSA) is 105 Å². The van der Waals surface area contributed by atoms with Gasteiger partial charge in [0, 0.05) is 125 Å². The zero-order valence-electron chi connectivity index (χ0n) is 80.2. The molecule has 4 aliphatic rings. The van der Waals surface area contributed by atoms with Crippen LogP contribution < -0.4 is 31.1 Å². The van der Waals surface area contributed by atoms with Gasteiger partial charge in [0.15, 0.2) is 17.5 Å². The van der Waals surface area contributed by atoms with E-state index in [0.717, 1.165) is 135 Å². The van der Waals surface area contributed by atoms with Crippen molar-refractivity contribution in [1.82, 2.24) is 43.6 Å². The zero-order valence-corrected chi connectivity index (χ0v) is 84.0. The van der Waals surface area contributed by atoms with Crippen molar-refractivity contribution in [3.8, 4) is 130 Å². The van der Waals surface area contributed by atoms with Gasteiger partial charge in [-0.1, -0.05) is 356 Å². The average Bonchev–Trinajstić information content (AvgIpc) is 1.73. The Hall–Kier alpha value is -16.7. The predicted octanol–water partition coefficient (Wildman–Crippen LogP) is 29.7. The lowest BCUT2D eigenvalue weighted by molar-refractivity contribution is 0.661. The maximum Gasteiger partial charge on any atom is 0.160 e. The van der Waals surface area contributed by atoms with Gasteiger partial charge in [0.25, 0.3) is 0 Å². The molecular formula is C129H93N9OSSi3. The van der Waals surface area contributed by atoms with Crippen molar-refractivity contribution < 1.29 is 4.42 Å². The molecule has 18 aromatic carbocycles. The Labute approximate surface area is 834 Å². The summed E-state index contributed by atoms with van der Waals surface area (Å²) in [5.41, 5.74) is 34.3. The van der Waals surface area contributed by atoms with Gasteiger partial charge in [0.1, 0.15) is 35.4 Å². The number of furan rings is 1. The van der Waals surface area contributed by atoms with E-state index in [-0.39, 0.29) is 5.41 Å². The number of hydrogen-bond donors (Lipinski definition) is 0. The molecule has 3 aliphatic heterocycles. The lowest BCUT2D eigenvalue weighted by atomic mass is 9.82. The van der Waals surface area contributed by atoms with E-state index in [0.29, 0.717) is 0 Å². The molecule has 14 heteroatoms. The molecule has 0 bridgehead atoms. The van der Waals surface area contributed by atoms with E-state index in [4.69, 9.17) is 34.3 Å². The Kier molecular flexibility index (Phi) is 18.8. The Morgan fingerprint density at radius 3 is 1.09 bits per heavy atom. The number of thiophene rings is 1. The van der Waals surface area contributed by atoms with E-state index in [9.17, 15) is 0 Å². The van der Waals surface area contributed by atoms with E-state index in [2.05, 4.69) is 473 Å². The normalized spacial score (nSPS) is 14.0. The number of aromatic nitrogens is 9. The molecule has 0 atom stereocenters. The monoisotopic (exact) mass is 1900 g/mol. The quantitative estimate of drug-likeness (QED) is 0.133. The summed E-state index contributed by atoms with van der Waals surface area (Å²) in [5, 5.41) is 20.7. The number of benzene rings is 18. The number of para-hydroxylation sites is 4. The highest BCUT2D eigenvalue weighted by Crippen LogP contribution is 2.53. The largest absolute Gasteiger partial charge is 0.456 e. The lowest BCUT2D eigenvalue weighted by Crippen LogP contribution is -2.50. The van der Waals surface area contributed by atoms with Crippen LogP contribution in [0.25, 0.3) is 237 Å². The van der Waals surface area contributed by atoms with Crippen LogP contribution in [-0.2, 0) is 5.41 Å². The fourth-order valence-corrected chi connectivity index (χ4v) is 35.2. The first-order valence-corrected chi connectivity index (χ1v) is 59.2. The van der Waals surface area contributed by atoms with Gasteiger partial charge in [-0.15, -0.1) is 11.3 Å². The average molecular weight is 1900 g/mol. The second kappa shape index (κ2) is 31.9. The summed E-state index contributed by atoms with van der Waals surface area (Å²) in [7, 11) is -6.03. The minimum absolute atomic E-state index is 0.0668. The third-order valence-electron chi connectivity index (χ3n) is 31.1. The first-order valence-electron chi connectivity index (χ1n) is 49.4. The van der Waals surface area contributed by atoms with Gasteiger partial charge >= 0.3 is 0 Å². The maximum atomic E-state index is 6.35. The van der Waals surface area contributed by atoms with Crippen molar-refractivity contribution in [2.75, 3.05) is 0 Å². The molecule has 1 aliphatic carbocycles. The first kappa shape index (κ1) is 84.3. The summed E-state index contributed by atoms with van der Waals surface area (Å²) in [5.74, 6) is 2.27. The van der Waals surface area contributed by atoms with Crippen LogP contribution in [-0.4, -0.2) is 67.8 Å². The Bertz CT molecular complexity index is 9500. The first-order chi connectivity index (χ1) is 69.9. The van der Waals surface area contributed by atoms with Crippen molar-refractivity contribution in [2.24, 2.45) is 0 Å². The van der Waals surface area contributed by atoms with Gasteiger partial charge in [-0.25, -0.2) is 29.9 Å². The van der Waals surface area contributed by atoms with E-state index in [1.165, 1.54) is 145 Å². The molecule has 0 saturated carbocycles. The zero-order chi connectivity index (χ0) is 95.6. The van der Waals surface area contributed by atoms with Crippen molar-refractivity contribution in [3.05, 3.63) is 430 Å². The summed E-state index contributed by atoms with van der Waals surface area (Å²) in [6, 6.07) is 151. The fraction of sp³-hybridized carbons (Fsp3) is 0.0698. The van der Waals surface area contributed by atoms with Gasteiger partial charge in [0.05, 0.1) is 67.3 Å². The second-order valence-corrected chi connectivity index (χ2v) is 54.6. The van der Waals surface area contributed by atoms with Crippen LogP contribution in [0.3, 0.4) is 0 Å². The van der Waals surface area contributed by atoms with Crippen LogP contribution in [0.4, 0.5) is 0 Å².